The van der Waals surface area contributed by atoms with Crippen molar-refractivity contribution in [2.45, 2.75) is 12.5 Å². The van der Waals surface area contributed by atoms with Crippen molar-refractivity contribution in [3.05, 3.63) is 71.8 Å². The topological polar surface area (TPSA) is 66.4 Å². The first-order chi connectivity index (χ1) is 13.7. The second-order valence-electron chi connectivity index (χ2n) is 6.11. The summed E-state index contributed by atoms with van der Waals surface area (Å²) in [6.45, 7) is 6.29. The highest BCUT2D eigenvalue weighted by atomic mass is 17.1. The van der Waals surface area contributed by atoms with Crippen LogP contribution in [-0.4, -0.2) is 45.9 Å². The van der Waals surface area contributed by atoms with Gasteiger partial charge in [-0.15, -0.1) is 0 Å². The van der Waals surface area contributed by atoms with E-state index in [1.165, 1.54) is 0 Å². The van der Waals surface area contributed by atoms with Gasteiger partial charge in [-0.1, -0.05) is 43.0 Å². The van der Waals surface area contributed by atoms with Crippen molar-refractivity contribution in [1.29, 1.82) is 0 Å². The van der Waals surface area contributed by atoms with Gasteiger partial charge in [-0.05, 0) is 23.3 Å². The lowest BCUT2D eigenvalue weighted by Gasteiger charge is -2.16. The molecule has 1 atom stereocenters. The molecule has 0 fully saturated rings. The number of hydrogen-bond acceptors (Lipinski definition) is 6. The van der Waals surface area contributed by atoms with Gasteiger partial charge in [0.1, 0.15) is 17.6 Å². The predicted octanol–water partition coefficient (Wildman–Crippen LogP) is 4.31. The Morgan fingerprint density at radius 3 is 2.11 bits per heavy atom. The number of rotatable bonds is 13. The molecule has 2 aromatic carbocycles. The third-order valence-corrected chi connectivity index (χ3v) is 4.20. The maximum atomic E-state index is 9.37. The van der Waals surface area contributed by atoms with E-state index < -0.39 is 6.10 Å². The molecule has 6 heteroatoms. The Kier molecular flexibility index (Phi) is 9.51. The lowest BCUT2D eigenvalue weighted by molar-refractivity contribution is -0.270. The molecule has 0 amide bonds. The molecule has 6 nitrogen and oxygen atoms in total. The molecular formula is C22H28O6. The molecule has 0 spiro atoms. The van der Waals surface area contributed by atoms with Crippen LogP contribution in [-0.2, 0) is 19.1 Å². The van der Waals surface area contributed by atoms with Gasteiger partial charge in [-0.25, -0.2) is 4.89 Å². The molecule has 0 aliphatic carbocycles. The van der Waals surface area contributed by atoms with Gasteiger partial charge in [-0.3, -0.25) is 5.26 Å². The largest absolute Gasteiger partial charge is 0.497 e. The van der Waals surface area contributed by atoms with Crippen LogP contribution >= 0.6 is 0 Å². The van der Waals surface area contributed by atoms with Gasteiger partial charge in [0.2, 0.25) is 0 Å². The first-order valence-corrected chi connectivity index (χ1v) is 9.12. The fourth-order valence-corrected chi connectivity index (χ4v) is 2.62. The van der Waals surface area contributed by atoms with E-state index in [0.717, 1.165) is 28.9 Å². The van der Waals surface area contributed by atoms with Gasteiger partial charge in [0, 0.05) is 25.7 Å². The van der Waals surface area contributed by atoms with E-state index in [1.54, 1.807) is 14.2 Å². The second-order valence-corrected chi connectivity index (χ2v) is 6.11. The Morgan fingerprint density at radius 1 is 0.893 bits per heavy atom. The quantitative estimate of drug-likeness (QED) is 0.239. The Bertz CT molecular complexity index is 696. The third-order valence-electron chi connectivity index (χ3n) is 4.20. The first kappa shape index (κ1) is 21.9. The Labute approximate surface area is 166 Å². The minimum Gasteiger partial charge on any atom is -0.497 e. The number of methoxy groups -OCH3 is 2. The van der Waals surface area contributed by atoms with Crippen molar-refractivity contribution in [2.24, 2.45) is 0 Å². The number of hydrogen-bond donors (Lipinski definition) is 1. The van der Waals surface area contributed by atoms with E-state index in [0.29, 0.717) is 32.2 Å². The molecule has 1 unspecified atom stereocenters. The van der Waals surface area contributed by atoms with Crippen molar-refractivity contribution in [1.82, 2.24) is 0 Å². The summed E-state index contributed by atoms with van der Waals surface area (Å²) in [5, 5.41) is 9.37. The molecule has 0 saturated heterocycles. The van der Waals surface area contributed by atoms with Crippen LogP contribution in [0.4, 0.5) is 0 Å². The molecular weight excluding hydrogens is 360 g/mol. The van der Waals surface area contributed by atoms with Crippen LogP contribution in [0.25, 0.3) is 5.76 Å². The lowest BCUT2D eigenvalue weighted by Crippen LogP contribution is -2.05. The minimum absolute atomic E-state index is 0.530. The Hall–Kier alpha value is -2.38. The summed E-state index contributed by atoms with van der Waals surface area (Å²) in [7, 11) is 3.25. The second kappa shape index (κ2) is 12.2. The minimum atomic E-state index is -0.585. The van der Waals surface area contributed by atoms with E-state index in [9.17, 15) is 5.26 Å². The zero-order chi connectivity index (χ0) is 20.2. The molecule has 1 N–H and O–H groups in total. The van der Waals surface area contributed by atoms with Crippen molar-refractivity contribution < 1.29 is 29.1 Å². The number of benzene rings is 2. The van der Waals surface area contributed by atoms with E-state index in [1.807, 2.05) is 48.5 Å². The normalized spacial score (nSPS) is 11.8. The maximum absolute atomic E-state index is 9.37. The standard InChI is InChI=1S/C22H28O6/c1-17(27-14-4-13-26-16-15-24-2)18-5-7-19(8-6-18)22(28-23)20-9-11-21(25-3)12-10-20/h5-12,22-23H,1,4,13-16H2,2-3H3. The smallest absolute Gasteiger partial charge is 0.143 e. The molecule has 0 radical (unpaired) electrons. The Balaban J connectivity index is 1.87. The fraction of sp³-hybridized carbons (Fsp3) is 0.364. The van der Waals surface area contributed by atoms with Gasteiger partial charge in [0.25, 0.3) is 0 Å². The van der Waals surface area contributed by atoms with Crippen molar-refractivity contribution in [3.63, 3.8) is 0 Å². The van der Waals surface area contributed by atoms with Crippen molar-refractivity contribution in [3.8, 4) is 5.75 Å². The average Bonchev–Trinajstić information content (AvgIpc) is 2.74. The van der Waals surface area contributed by atoms with Gasteiger partial charge in [-0.2, -0.15) is 0 Å². The van der Waals surface area contributed by atoms with E-state index in [-0.39, 0.29) is 0 Å². The first-order valence-electron chi connectivity index (χ1n) is 9.12. The van der Waals surface area contributed by atoms with E-state index in [4.69, 9.17) is 23.8 Å². The molecule has 2 aromatic rings. The van der Waals surface area contributed by atoms with Crippen molar-refractivity contribution >= 4 is 5.76 Å². The summed E-state index contributed by atoms with van der Waals surface area (Å²) in [5.41, 5.74) is 2.51. The van der Waals surface area contributed by atoms with E-state index in [2.05, 4.69) is 6.58 Å². The number of ether oxygens (including phenoxy) is 4. The summed E-state index contributed by atoms with van der Waals surface area (Å²) in [5.74, 6) is 1.34. The van der Waals surface area contributed by atoms with Gasteiger partial charge in [0.15, 0.2) is 0 Å². The zero-order valence-corrected chi connectivity index (χ0v) is 16.4. The summed E-state index contributed by atoms with van der Waals surface area (Å²) < 4.78 is 21.1. The van der Waals surface area contributed by atoms with E-state index >= 15 is 0 Å². The molecule has 0 saturated carbocycles. The fourth-order valence-electron chi connectivity index (χ4n) is 2.62. The molecule has 0 aliphatic heterocycles. The summed E-state index contributed by atoms with van der Waals surface area (Å²) in [6.07, 6.45) is 0.192. The highest BCUT2D eigenvalue weighted by Gasteiger charge is 2.15. The van der Waals surface area contributed by atoms with Crippen LogP contribution in [0.1, 0.15) is 29.2 Å². The maximum Gasteiger partial charge on any atom is 0.143 e. The summed E-state index contributed by atoms with van der Waals surface area (Å²) >= 11 is 0. The van der Waals surface area contributed by atoms with Gasteiger partial charge in [0.05, 0.1) is 26.9 Å². The predicted molar refractivity (Wildman–Crippen MR) is 107 cm³/mol. The van der Waals surface area contributed by atoms with Crippen LogP contribution in [0, 0.1) is 0 Å². The lowest BCUT2D eigenvalue weighted by atomic mass is 10.00. The molecule has 152 valence electrons. The highest BCUT2D eigenvalue weighted by molar-refractivity contribution is 5.57. The van der Waals surface area contributed by atoms with Gasteiger partial charge < -0.3 is 18.9 Å². The van der Waals surface area contributed by atoms with Crippen LogP contribution in [0.2, 0.25) is 0 Å². The van der Waals surface area contributed by atoms with Crippen molar-refractivity contribution in [2.75, 3.05) is 40.6 Å². The zero-order valence-electron chi connectivity index (χ0n) is 16.4. The highest BCUT2D eigenvalue weighted by Crippen LogP contribution is 2.28. The Morgan fingerprint density at radius 2 is 1.54 bits per heavy atom. The van der Waals surface area contributed by atoms with Crippen LogP contribution in [0.3, 0.4) is 0 Å². The SMILES string of the molecule is C=C(OCCCOCCOC)c1ccc(C(OO)c2ccc(OC)cc2)cc1. The van der Waals surface area contributed by atoms with Crippen LogP contribution in [0.15, 0.2) is 55.1 Å². The molecule has 2 rings (SSSR count). The molecule has 0 aliphatic rings. The average molecular weight is 388 g/mol. The van der Waals surface area contributed by atoms with Gasteiger partial charge >= 0.3 is 0 Å². The molecule has 0 aromatic heterocycles. The molecule has 0 heterocycles. The van der Waals surface area contributed by atoms with Crippen LogP contribution < -0.4 is 4.74 Å². The summed E-state index contributed by atoms with van der Waals surface area (Å²) in [6, 6.07) is 14.9. The monoisotopic (exact) mass is 388 g/mol. The third kappa shape index (κ3) is 6.65. The molecule has 28 heavy (non-hydrogen) atoms. The molecule has 0 bridgehead atoms. The summed E-state index contributed by atoms with van der Waals surface area (Å²) in [4.78, 5) is 4.70. The van der Waals surface area contributed by atoms with Crippen LogP contribution in [0.5, 0.6) is 5.75 Å².